The zero-order valence-electron chi connectivity index (χ0n) is 20.4. The van der Waals surface area contributed by atoms with Crippen LogP contribution in [0.4, 0.5) is 24.7 Å². The SMILES string of the molecule is COc1cc(N)c2nc1N1CCC[C@H]1CC=CCCC(OCc1ccccc1)(C(F)(F)F)c1nnc-2o1. The van der Waals surface area contributed by atoms with Gasteiger partial charge in [0, 0.05) is 18.7 Å². The molecule has 1 unspecified atom stereocenters. The molecule has 4 bridgehead atoms. The third-order valence-electron chi connectivity index (χ3n) is 6.86. The van der Waals surface area contributed by atoms with E-state index < -0.39 is 24.1 Å². The fourth-order valence-electron chi connectivity index (χ4n) is 4.89. The van der Waals surface area contributed by atoms with E-state index in [1.165, 1.54) is 7.11 Å². The summed E-state index contributed by atoms with van der Waals surface area (Å²) in [6, 6.07) is 10.4. The molecule has 2 aliphatic heterocycles. The normalized spacial score (nSPS) is 21.9. The molecule has 8 nitrogen and oxygen atoms in total. The third-order valence-corrected chi connectivity index (χ3v) is 6.86. The van der Waals surface area contributed by atoms with Gasteiger partial charge >= 0.3 is 6.18 Å². The van der Waals surface area contributed by atoms with E-state index >= 15 is 0 Å². The van der Waals surface area contributed by atoms with E-state index in [4.69, 9.17) is 19.6 Å². The number of aromatic nitrogens is 3. The molecule has 5 rings (SSSR count). The molecule has 4 heterocycles. The molecule has 37 heavy (non-hydrogen) atoms. The summed E-state index contributed by atoms with van der Waals surface area (Å²) in [6.07, 6.45) is 1.06. The topological polar surface area (TPSA) is 99.5 Å². The lowest BCUT2D eigenvalue weighted by Crippen LogP contribution is -2.45. The Morgan fingerprint density at radius 1 is 1.19 bits per heavy atom. The van der Waals surface area contributed by atoms with Gasteiger partial charge < -0.3 is 24.5 Å². The molecule has 0 spiro atoms. The van der Waals surface area contributed by atoms with Gasteiger partial charge in [0.1, 0.15) is 0 Å². The molecule has 1 saturated heterocycles. The predicted octanol–water partition coefficient (Wildman–Crippen LogP) is 5.41. The van der Waals surface area contributed by atoms with Crippen molar-refractivity contribution in [1.82, 2.24) is 15.2 Å². The number of anilines is 2. The monoisotopic (exact) mass is 515 g/mol. The smallest absolute Gasteiger partial charge is 0.426 e. The van der Waals surface area contributed by atoms with Crippen LogP contribution in [0.3, 0.4) is 0 Å². The number of halogens is 3. The minimum absolute atomic E-state index is 0.104. The second-order valence-corrected chi connectivity index (χ2v) is 9.20. The molecular weight excluding hydrogens is 487 g/mol. The Balaban J connectivity index is 1.62. The average molecular weight is 516 g/mol. The highest BCUT2D eigenvalue weighted by Gasteiger charge is 2.61. The summed E-state index contributed by atoms with van der Waals surface area (Å²) in [5.74, 6) is 0.118. The van der Waals surface area contributed by atoms with Gasteiger partial charge in [0.05, 0.1) is 19.4 Å². The Kier molecular flexibility index (Phi) is 6.80. The van der Waals surface area contributed by atoms with Crippen LogP contribution in [0.1, 0.15) is 43.6 Å². The first kappa shape index (κ1) is 25.1. The average Bonchev–Trinajstić information content (AvgIpc) is 3.55. The Morgan fingerprint density at radius 3 is 2.76 bits per heavy atom. The van der Waals surface area contributed by atoms with E-state index in [-0.39, 0.29) is 36.3 Å². The molecule has 2 atom stereocenters. The number of ether oxygens (including phenoxy) is 2. The maximum Gasteiger partial charge on any atom is 0.426 e. The molecule has 2 N–H and O–H groups in total. The van der Waals surface area contributed by atoms with Crippen LogP contribution >= 0.6 is 0 Å². The van der Waals surface area contributed by atoms with E-state index in [1.807, 2.05) is 6.08 Å². The maximum atomic E-state index is 14.8. The first-order valence-corrected chi connectivity index (χ1v) is 12.2. The molecule has 3 aromatic rings. The summed E-state index contributed by atoms with van der Waals surface area (Å²) in [7, 11) is 1.52. The van der Waals surface area contributed by atoms with Crippen molar-refractivity contribution in [2.75, 3.05) is 24.3 Å². The molecule has 11 heteroatoms. The molecule has 196 valence electrons. The number of nitrogens with two attached hydrogens (primary N) is 1. The predicted molar refractivity (Wildman–Crippen MR) is 131 cm³/mol. The van der Waals surface area contributed by atoms with Gasteiger partial charge in [-0.2, -0.15) is 13.2 Å². The van der Waals surface area contributed by atoms with Crippen molar-refractivity contribution in [3.63, 3.8) is 0 Å². The van der Waals surface area contributed by atoms with Crippen LogP contribution in [-0.4, -0.2) is 41.1 Å². The van der Waals surface area contributed by atoms with Crippen LogP contribution in [0.5, 0.6) is 5.75 Å². The molecule has 1 aromatic carbocycles. The number of nitrogens with zero attached hydrogens (tertiary/aromatic N) is 4. The van der Waals surface area contributed by atoms with Crippen LogP contribution in [0.15, 0.2) is 53.0 Å². The number of methoxy groups -OCH3 is 1. The molecular formula is C26H28F3N5O3. The van der Waals surface area contributed by atoms with E-state index in [2.05, 4.69) is 20.1 Å². The van der Waals surface area contributed by atoms with Crippen LogP contribution in [0.25, 0.3) is 11.6 Å². The van der Waals surface area contributed by atoms with Crippen LogP contribution in [-0.2, 0) is 16.9 Å². The Bertz CT molecular complexity index is 1260. The van der Waals surface area contributed by atoms with E-state index in [0.717, 1.165) is 19.4 Å². The summed E-state index contributed by atoms with van der Waals surface area (Å²) in [4.78, 5) is 6.79. The number of hydrogen-bond donors (Lipinski definition) is 1. The second-order valence-electron chi connectivity index (χ2n) is 9.20. The number of pyridine rings is 1. The highest BCUT2D eigenvalue weighted by molar-refractivity contribution is 5.73. The fourth-order valence-corrected chi connectivity index (χ4v) is 4.89. The van der Waals surface area contributed by atoms with Crippen molar-refractivity contribution in [2.45, 2.75) is 56.5 Å². The Morgan fingerprint density at radius 2 is 2.00 bits per heavy atom. The van der Waals surface area contributed by atoms with Crippen molar-refractivity contribution in [2.24, 2.45) is 0 Å². The minimum atomic E-state index is -4.83. The Labute approximate surface area is 212 Å². The molecule has 1 fully saturated rings. The molecule has 0 amide bonds. The second kappa shape index (κ2) is 10.0. The van der Waals surface area contributed by atoms with Gasteiger partial charge in [-0.05, 0) is 37.7 Å². The molecule has 0 aliphatic carbocycles. The van der Waals surface area contributed by atoms with Crippen molar-refractivity contribution in [3.05, 3.63) is 60.0 Å². The first-order chi connectivity index (χ1) is 17.8. The van der Waals surface area contributed by atoms with Crippen molar-refractivity contribution in [3.8, 4) is 17.3 Å². The maximum absolute atomic E-state index is 14.8. The highest BCUT2D eigenvalue weighted by atomic mass is 19.4. The van der Waals surface area contributed by atoms with Crippen molar-refractivity contribution >= 4 is 11.5 Å². The molecule has 2 aliphatic rings. The fraction of sp³-hybridized carbons (Fsp3) is 0.423. The van der Waals surface area contributed by atoms with Gasteiger partial charge in [0.15, 0.2) is 17.3 Å². The zero-order valence-corrected chi connectivity index (χ0v) is 20.4. The molecule has 2 aromatic heterocycles. The lowest BCUT2D eigenvalue weighted by Gasteiger charge is -2.32. The van der Waals surface area contributed by atoms with Gasteiger partial charge in [-0.3, -0.25) is 0 Å². The van der Waals surface area contributed by atoms with Gasteiger partial charge in [-0.1, -0.05) is 42.5 Å². The zero-order chi connectivity index (χ0) is 26.0. The number of rotatable bonds is 4. The number of alkyl halides is 3. The van der Waals surface area contributed by atoms with Gasteiger partial charge in [-0.15, -0.1) is 10.2 Å². The summed E-state index contributed by atoms with van der Waals surface area (Å²) < 4.78 is 61.2. The highest BCUT2D eigenvalue weighted by Crippen LogP contribution is 2.47. The van der Waals surface area contributed by atoms with Gasteiger partial charge in [0.2, 0.25) is 5.60 Å². The van der Waals surface area contributed by atoms with E-state index in [9.17, 15) is 13.2 Å². The number of hydrogen-bond acceptors (Lipinski definition) is 8. The summed E-state index contributed by atoms with van der Waals surface area (Å²) in [6.45, 7) is 0.483. The quantitative estimate of drug-likeness (QED) is 0.461. The summed E-state index contributed by atoms with van der Waals surface area (Å²) in [5, 5.41) is 7.75. The lowest BCUT2D eigenvalue weighted by atomic mass is 9.95. The molecule has 0 saturated carbocycles. The third kappa shape index (κ3) is 4.75. The van der Waals surface area contributed by atoms with E-state index in [1.54, 1.807) is 42.5 Å². The van der Waals surface area contributed by atoms with Crippen LogP contribution < -0.4 is 15.4 Å². The van der Waals surface area contributed by atoms with Crippen LogP contribution in [0.2, 0.25) is 0 Å². The first-order valence-electron chi connectivity index (χ1n) is 12.2. The lowest BCUT2D eigenvalue weighted by molar-refractivity contribution is -0.299. The number of benzene rings is 1. The number of nitrogen functional groups attached to an aromatic ring is 1. The van der Waals surface area contributed by atoms with Crippen LogP contribution in [0, 0.1) is 0 Å². The standard InChI is InChI=1S/C26H28F3N5O3/c1-35-20-15-19(30)21-23-32-33-24(37-23)25(26(27,28)29,36-16-17-9-4-2-5-10-17)13-7-3-6-11-18-12-8-14-34(18)22(20)31-21/h2-6,9-10,15,18H,7-8,11-14,16,30H2,1H3/t18-,25?/m1/s1. The minimum Gasteiger partial charge on any atom is -0.493 e. The summed E-state index contributed by atoms with van der Waals surface area (Å²) in [5.41, 5.74) is 4.25. The van der Waals surface area contributed by atoms with Crippen molar-refractivity contribution < 1.29 is 27.1 Å². The van der Waals surface area contributed by atoms with E-state index in [0.29, 0.717) is 23.6 Å². The van der Waals surface area contributed by atoms with Crippen molar-refractivity contribution in [1.29, 1.82) is 0 Å². The van der Waals surface area contributed by atoms with Gasteiger partial charge in [-0.25, -0.2) is 4.98 Å². The summed E-state index contributed by atoms with van der Waals surface area (Å²) >= 11 is 0. The largest absolute Gasteiger partial charge is 0.493 e. The Hall–Kier alpha value is -3.60. The number of fused-ring (bicyclic) bond motifs is 7. The molecule has 0 radical (unpaired) electrons. The number of allylic oxidation sites excluding steroid dienone is 1. The van der Waals surface area contributed by atoms with Gasteiger partial charge in [0.25, 0.3) is 11.8 Å².